The lowest BCUT2D eigenvalue weighted by Gasteiger charge is -2.32. The summed E-state index contributed by atoms with van der Waals surface area (Å²) in [6.45, 7) is 1.01. The van der Waals surface area contributed by atoms with E-state index in [0.29, 0.717) is 31.0 Å². The number of amides is 1. The van der Waals surface area contributed by atoms with Crippen molar-refractivity contribution in [3.8, 4) is 5.75 Å². The van der Waals surface area contributed by atoms with E-state index in [0.717, 1.165) is 5.75 Å². The van der Waals surface area contributed by atoms with Crippen molar-refractivity contribution in [3.05, 3.63) is 58.1 Å². The number of carbonyl (C=O) groups excluding carboxylic acids is 1. The average molecular weight is 429 g/mol. The molecule has 27 heavy (non-hydrogen) atoms. The third kappa shape index (κ3) is 4.93. The van der Waals surface area contributed by atoms with Gasteiger partial charge in [0.1, 0.15) is 16.7 Å². The monoisotopic (exact) mass is 428 g/mol. The van der Waals surface area contributed by atoms with E-state index >= 15 is 0 Å². The van der Waals surface area contributed by atoms with Crippen molar-refractivity contribution in [1.29, 1.82) is 0 Å². The molecule has 0 aromatic heterocycles. The van der Waals surface area contributed by atoms with Crippen molar-refractivity contribution < 1.29 is 17.9 Å². The highest BCUT2D eigenvalue weighted by atomic mass is 35.5. The normalized spacial score (nSPS) is 15.6. The summed E-state index contributed by atoms with van der Waals surface area (Å²) in [6, 6.07) is 11.2. The van der Waals surface area contributed by atoms with Gasteiger partial charge in [-0.2, -0.15) is 0 Å². The number of sulfonamides is 1. The molecule has 1 saturated heterocycles. The molecule has 2 aromatic carbocycles. The second-order valence-electron chi connectivity index (χ2n) is 6.25. The van der Waals surface area contributed by atoms with Crippen LogP contribution in [0.2, 0.25) is 10.0 Å². The molecule has 0 atom stereocenters. The fraction of sp³-hybridized carbons (Fsp3) is 0.278. The number of rotatable bonds is 4. The summed E-state index contributed by atoms with van der Waals surface area (Å²) in [4.78, 5) is 14.1. The summed E-state index contributed by atoms with van der Waals surface area (Å²) in [5.74, 6) is 0.473. The Labute approximate surface area is 167 Å². The zero-order chi connectivity index (χ0) is 19.6. The van der Waals surface area contributed by atoms with Crippen molar-refractivity contribution in [1.82, 2.24) is 4.90 Å². The Bertz CT molecular complexity index is 940. The van der Waals surface area contributed by atoms with Crippen LogP contribution in [-0.2, 0) is 10.0 Å². The molecule has 0 bridgehead atoms. The molecule has 1 aliphatic heterocycles. The Morgan fingerprint density at radius 2 is 1.70 bits per heavy atom. The number of hydrogen-bond donors (Lipinski definition) is 1. The summed E-state index contributed by atoms with van der Waals surface area (Å²) >= 11 is 11.7. The standard InChI is InChI=1S/C18H18Cl2N2O4S/c19-13-2-4-14(5-3-13)26-15-7-9-22(10-8-15)18(23)12-1-6-16(20)17(11-12)27(21,24)25/h1-6,11,15H,7-10H2,(H2,21,24,25). The number of hydrogen-bond acceptors (Lipinski definition) is 4. The van der Waals surface area contributed by atoms with E-state index in [1.807, 2.05) is 12.1 Å². The first kappa shape index (κ1) is 19.9. The number of nitrogens with zero attached hydrogens (tertiary/aromatic N) is 1. The molecule has 1 heterocycles. The topological polar surface area (TPSA) is 89.7 Å². The highest BCUT2D eigenvalue weighted by Crippen LogP contribution is 2.24. The maximum atomic E-state index is 12.7. The number of nitrogens with two attached hydrogens (primary N) is 1. The molecule has 2 aromatic rings. The predicted molar refractivity (Wildman–Crippen MR) is 104 cm³/mol. The lowest BCUT2D eigenvalue weighted by atomic mass is 10.1. The van der Waals surface area contributed by atoms with E-state index in [1.54, 1.807) is 17.0 Å². The second-order valence-corrected chi connectivity index (χ2v) is 8.63. The van der Waals surface area contributed by atoms with Crippen LogP contribution < -0.4 is 9.88 Å². The molecule has 0 aliphatic carbocycles. The van der Waals surface area contributed by atoms with E-state index in [-0.39, 0.29) is 27.5 Å². The largest absolute Gasteiger partial charge is 0.490 e. The Balaban J connectivity index is 1.64. The minimum absolute atomic E-state index is 0.000392. The number of primary sulfonamides is 1. The lowest BCUT2D eigenvalue weighted by Crippen LogP contribution is -2.41. The molecule has 6 nitrogen and oxygen atoms in total. The van der Waals surface area contributed by atoms with Crippen LogP contribution in [0.1, 0.15) is 23.2 Å². The highest BCUT2D eigenvalue weighted by molar-refractivity contribution is 7.89. The molecule has 2 N–H and O–H groups in total. The Hall–Kier alpha value is -1.80. The average Bonchev–Trinajstić information content (AvgIpc) is 2.63. The molecule has 9 heteroatoms. The van der Waals surface area contributed by atoms with Crippen LogP contribution in [0.4, 0.5) is 0 Å². The van der Waals surface area contributed by atoms with Gasteiger partial charge in [-0.25, -0.2) is 13.6 Å². The van der Waals surface area contributed by atoms with Gasteiger partial charge in [0.25, 0.3) is 5.91 Å². The fourth-order valence-electron chi connectivity index (χ4n) is 2.92. The molecular formula is C18H18Cl2N2O4S. The molecule has 1 amide bonds. The van der Waals surface area contributed by atoms with Crippen molar-refractivity contribution in [3.63, 3.8) is 0 Å². The summed E-state index contributed by atoms with van der Waals surface area (Å²) < 4.78 is 29.1. The Morgan fingerprint density at radius 1 is 1.07 bits per heavy atom. The molecule has 0 saturated carbocycles. The molecule has 0 unspecified atom stereocenters. The fourth-order valence-corrected chi connectivity index (χ4v) is 4.12. The predicted octanol–water partition coefficient (Wildman–Crippen LogP) is 3.32. The van der Waals surface area contributed by atoms with E-state index in [1.165, 1.54) is 18.2 Å². The molecule has 0 radical (unpaired) electrons. The first-order valence-corrected chi connectivity index (χ1v) is 10.6. The second kappa shape index (κ2) is 8.06. The lowest BCUT2D eigenvalue weighted by molar-refractivity contribution is 0.0595. The van der Waals surface area contributed by atoms with Crippen LogP contribution in [0.15, 0.2) is 47.4 Å². The van der Waals surface area contributed by atoms with Gasteiger partial charge < -0.3 is 9.64 Å². The third-order valence-corrected chi connectivity index (χ3v) is 5.97. The van der Waals surface area contributed by atoms with Crippen LogP contribution in [0.5, 0.6) is 5.75 Å². The number of carbonyl (C=O) groups is 1. The Kier molecular flexibility index (Phi) is 5.95. The highest BCUT2D eigenvalue weighted by Gasteiger charge is 2.26. The SMILES string of the molecule is NS(=O)(=O)c1cc(C(=O)N2CCC(Oc3ccc(Cl)cc3)CC2)ccc1Cl. The van der Waals surface area contributed by atoms with Gasteiger partial charge in [-0.1, -0.05) is 23.2 Å². The van der Waals surface area contributed by atoms with Crippen LogP contribution in [-0.4, -0.2) is 38.4 Å². The number of likely N-dealkylation sites (tertiary alicyclic amines) is 1. The molecule has 0 spiro atoms. The minimum atomic E-state index is -4.00. The molecule has 1 fully saturated rings. The molecule has 144 valence electrons. The molecule has 1 aliphatic rings. The third-order valence-electron chi connectivity index (χ3n) is 4.33. The van der Waals surface area contributed by atoms with E-state index in [4.69, 9.17) is 33.1 Å². The van der Waals surface area contributed by atoms with Crippen LogP contribution in [0, 0.1) is 0 Å². The number of ether oxygens (including phenoxy) is 1. The first-order chi connectivity index (χ1) is 12.7. The van der Waals surface area contributed by atoms with E-state index in [2.05, 4.69) is 0 Å². The first-order valence-electron chi connectivity index (χ1n) is 8.28. The van der Waals surface area contributed by atoms with Gasteiger partial charge in [-0.05, 0) is 42.5 Å². The van der Waals surface area contributed by atoms with Crippen LogP contribution in [0.25, 0.3) is 0 Å². The smallest absolute Gasteiger partial charge is 0.253 e. The minimum Gasteiger partial charge on any atom is -0.490 e. The van der Waals surface area contributed by atoms with Gasteiger partial charge in [0.15, 0.2) is 0 Å². The Morgan fingerprint density at radius 3 is 2.30 bits per heavy atom. The van der Waals surface area contributed by atoms with Crippen molar-refractivity contribution in [2.45, 2.75) is 23.8 Å². The summed E-state index contributed by atoms with van der Waals surface area (Å²) in [5.41, 5.74) is 0.237. The maximum absolute atomic E-state index is 12.7. The van der Waals surface area contributed by atoms with Crippen LogP contribution >= 0.6 is 23.2 Å². The maximum Gasteiger partial charge on any atom is 0.253 e. The summed E-state index contributed by atoms with van der Waals surface area (Å²) in [7, 11) is -4.00. The van der Waals surface area contributed by atoms with Gasteiger partial charge in [-0.15, -0.1) is 0 Å². The van der Waals surface area contributed by atoms with E-state index < -0.39 is 10.0 Å². The number of benzene rings is 2. The van der Waals surface area contributed by atoms with Gasteiger partial charge in [0.05, 0.1) is 5.02 Å². The number of halogens is 2. The van der Waals surface area contributed by atoms with Crippen molar-refractivity contribution in [2.75, 3.05) is 13.1 Å². The van der Waals surface area contributed by atoms with Gasteiger partial charge in [-0.3, -0.25) is 4.79 Å². The van der Waals surface area contributed by atoms with E-state index in [9.17, 15) is 13.2 Å². The zero-order valence-corrected chi connectivity index (χ0v) is 16.6. The summed E-state index contributed by atoms with van der Waals surface area (Å²) in [5, 5.41) is 5.78. The molecular weight excluding hydrogens is 411 g/mol. The van der Waals surface area contributed by atoms with Gasteiger partial charge in [0.2, 0.25) is 10.0 Å². The van der Waals surface area contributed by atoms with Gasteiger partial charge >= 0.3 is 0 Å². The zero-order valence-electron chi connectivity index (χ0n) is 14.3. The van der Waals surface area contributed by atoms with Gasteiger partial charge in [0, 0.05) is 36.5 Å². The number of piperidine rings is 1. The quantitative estimate of drug-likeness (QED) is 0.808. The summed E-state index contributed by atoms with van der Waals surface area (Å²) in [6.07, 6.45) is 1.34. The molecule has 3 rings (SSSR count). The van der Waals surface area contributed by atoms with Crippen LogP contribution in [0.3, 0.4) is 0 Å². The van der Waals surface area contributed by atoms with Crippen molar-refractivity contribution >= 4 is 39.1 Å². The van der Waals surface area contributed by atoms with Crippen molar-refractivity contribution in [2.24, 2.45) is 5.14 Å².